The maximum absolute atomic E-state index is 12.0. The van der Waals surface area contributed by atoms with E-state index in [1.54, 1.807) is 5.32 Å². The van der Waals surface area contributed by atoms with Crippen LogP contribution in [0.2, 0.25) is 0 Å². The van der Waals surface area contributed by atoms with Crippen LogP contribution in [-0.4, -0.2) is 58.3 Å². The number of anilines is 1. The van der Waals surface area contributed by atoms with Gasteiger partial charge in [-0.05, 0) is 6.07 Å². The maximum Gasteiger partial charge on any atom is 0.433 e. The summed E-state index contributed by atoms with van der Waals surface area (Å²) >= 11 is 1.11. The summed E-state index contributed by atoms with van der Waals surface area (Å²) < 4.78 is 32.3. The lowest BCUT2D eigenvalue weighted by atomic mass is 10.5. The van der Waals surface area contributed by atoms with Gasteiger partial charge in [0.25, 0.3) is 0 Å². The third-order valence-electron chi connectivity index (χ3n) is 2.95. The van der Waals surface area contributed by atoms with Crippen LogP contribution in [0.3, 0.4) is 0 Å². The van der Waals surface area contributed by atoms with E-state index >= 15 is 0 Å². The molecule has 1 saturated heterocycles. The number of hydrogen-bond donors (Lipinski definition) is 5. The Labute approximate surface area is 154 Å². The molecule has 1 aliphatic heterocycles. The fourth-order valence-electron chi connectivity index (χ4n) is 1.78. The van der Waals surface area contributed by atoms with Crippen LogP contribution in [0, 0.1) is 0 Å². The third-order valence-corrected chi connectivity index (χ3v) is 5.30. The molecular formula is C10H13N3O11P2S. The van der Waals surface area contributed by atoms with Gasteiger partial charge in [-0.2, -0.15) is 4.98 Å². The second-order valence-electron chi connectivity index (χ2n) is 4.95. The summed E-state index contributed by atoms with van der Waals surface area (Å²) in [5.74, 6) is -0.157. The Morgan fingerprint density at radius 3 is 2.56 bits per heavy atom. The molecule has 2 atom stereocenters. The summed E-state index contributed by atoms with van der Waals surface area (Å²) in [5.41, 5.74) is -4.99. The average Bonchev–Trinajstić information content (AvgIpc) is 2.99. The first kappa shape index (κ1) is 21.7. The Bertz CT molecular complexity index is 893. The molecular weight excluding hydrogens is 432 g/mol. The summed E-state index contributed by atoms with van der Waals surface area (Å²) in [6, 6.07) is 1.12. The molecule has 0 aliphatic carbocycles. The molecule has 1 amide bonds. The van der Waals surface area contributed by atoms with Crippen LogP contribution in [0.5, 0.6) is 0 Å². The number of aromatic nitrogens is 2. The van der Waals surface area contributed by atoms with E-state index in [-0.39, 0.29) is 11.6 Å². The quantitative estimate of drug-likeness (QED) is 0.361. The topological polar surface area (TPSA) is 215 Å². The highest BCUT2D eigenvalue weighted by Gasteiger charge is 2.33. The number of ether oxygens (including phenoxy) is 2. The lowest BCUT2D eigenvalue weighted by molar-refractivity contribution is -0.00816. The van der Waals surface area contributed by atoms with Crippen molar-refractivity contribution in [1.82, 2.24) is 9.55 Å². The van der Waals surface area contributed by atoms with Crippen LogP contribution >= 0.6 is 27.0 Å². The second kappa shape index (κ2) is 8.20. The maximum atomic E-state index is 12.0. The van der Waals surface area contributed by atoms with Crippen molar-refractivity contribution in [1.29, 1.82) is 0 Å². The molecule has 150 valence electrons. The molecule has 1 fully saturated rings. The number of thioether (sulfide) groups is 1. The molecule has 1 aromatic heterocycles. The molecule has 2 heterocycles. The zero-order valence-electron chi connectivity index (χ0n) is 13.1. The summed E-state index contributed by atoms with van der Waals surface area (Å²) in [6.45, 7) is -0.455. The molecule has 0 spiro atoms. The molecule has 0 saturated carbocycles. The number of nitrogens with one attached hydrogen (secondary N) is 1. The van der Waals surface area contributed by atoms with Crippen molar-refractivity contribution in [2.24, 2.45) is 0 Å². The fraction of sp³-hybridized carbons (Fsp3) is 0.400. The molecule has 17 heteroatoms. The Kier molecular flexibility index (Phi) is 6.60. The Morgan fingerprint density at radius 2 is 2.00 bits per heavy atom. The predicted octanol–water partition coefficient (Wildman–Crippen LogP) is -0.145. The molecule has 1 aromatic rings. The van der Waals surface area contributed by atoms with Crippen molar-refractivity contribution < 1.29 is 47.8 Å². The molecule has 27 heavy (non-hydrogen) atoms. The highest BCUT2D eigenvalue weighted by Crippen LogP contribution is 2.38. The van der Waals surface area contributed by atoms with Gasteiger partial charge in [-0.1, -0.05) is 0 Å². The zero-order valence-corrected chi connectivity index (χ0v) is 15.7. The van der Waals surface area contributed by atoms with E-state index < -0.39 is 50.5 Å². The van der Waals surface area contributed by atoms with Gasteiger partial charge < -0.3 is 29.0 Å². The van der Waals surface area contributed by atoms with Crippen LogP contribution in [0.4, 0.5) is 15.4 Å². The zero-order chi connectivity index (χ0) is 20.4. The van der Waals surface area contributed by atoms with E-state index in [2.05, 4.69) is 9.72 Å². The third kappa shape index (κ3) is 5.96. The normalized spacial score (nSPS) is 20.3. The molecule has 0 bridgehead atoms. The van der Waals surface area contributed by atoms with Crippen LogP contribution in [0.15, 0.2) is 17.1 Å². The van der Waals surface area contributed by atoms with Gasteiger partial charge in [0.2, 0.25) is 0 Å². The van der Waals surface area contributed by atoms with E-state index in [0.29, 0.717) is 0 Å². The summed E-state index contributed by atoms with van der Waals surface area (Å²) in [6.07, 6.45) is 0.320. The van der Waals surface area contributed by atoms with Crippen LogP contribution in [0.25, 0.3) is 0 Å². The number of carbonyl (C=O) groups is 2. The molecule has 5 N–H and O–H groups in total. The van der Waals surface area contributed by atoms with Crippen LogP contribution < -0.4 is 11.0 Å². The van der Waals surface area contributed by atoms with Crippen molar-refractivity contribution in [2.75, 3.05) is 17.7 Å². The molecule has 1 aliphatic rings. The number of hydrogen-bond acceptors (Lipinski definition) is 9. The van der Waals surface area contributed by atoms with Gasteiger partial charge in [0, 0.05) is 11.9 Å². The fourth-order valence-corrected chi connectivity index (χ4v) is 3.28. The van der Waals surface area contributed by atoms with Gasteiger partial charge in [-0.3, -0.25) is 14.7 Å². The van der Waals surface area contributed by atoms with E-state index in [0.717, 1.165) is 22.4 Å². The van der Waals surface area contributed by atoms with Gasteiger partial charge in [-0.25, -0.2) is 18.7 Å². The highest BCUT2D eigenvalue weighted by molar-refractivity contribution is 8.00. The van der Waals surface area contributed by atoms with Crippen LogP contribution in [-0.2, 0) is 18.6 Å². The van der Waals surface area contributed by atoms with Crippen LogP contribution in [0.1, 0.15) is 6.23 Å². The smallest absolute Gasteiger partial charge is 0.433 e. The highest BCUT2D eigenvalue weighted by atomic mass is 32.2. The van der Waals surface area contributed by atoms with Gasteiger partial charge in [-0.15, -0.1) is 11.8 Å². The molecule has 0 aromatic carbocycles. The first-order chi connectivity index (χ1) is 12.4. The Morgan fingerprint density at radius 1 is 1.33 bits per heavy atom. The summed E-state index contributed by atoms with van der Waals surface area (Å²) in [7, 11) is -10.0. The number of carbonyl (C=O) groups excluding carboxylic acids is 2. The summed E-state index contributed by atoms with van der Waals surface area (Å²) in [4.78, 5) is 72.3. The van der Waals surface area contributed by atoms with Crippen molar-refractivity contribution in [3.05, 3.63) is 22.7 Å². The summed E-state index contributed by atoms with van der Waals surface area (Å²) in [5, 5.41) is 1.79. The molecule has 2 unspecified atom stereocenters. The minimum atomic E-state index is -5.03. The Balaban J connectivity index is 1.98. The van der Waals surface area contributed by atoms with Gasteiger partial charge in [0.15, 0.2) is 0 Å². The van der Waals surface area contributed by atoms with E-state index in [4.69, 9.17) is 24.3 Å². The first-order valence-electron chi connectivity index (χ1n) is 6.84. The lowest BCUT2D eigenvalue weighted by Crippen LogP contribution is -2.29. The standard InChI is InChI=1S/C10H13N3O11P2S/c14-8-11-5(12-9(15)25(17,18)19)1-2-13(8)6-4-27-7(24-6)3-23-10(16)26(20,21)22/h1-2,6-7H,3-4H2,(H2,17,18,19)(H2,20,21,22)(H,11,12,14,15). The molecule has 0 radical (unpaired) electrons. The van der Waals surface area contributed by atoms with Gasteiger partial charge >= 0.3 is 32.2 Å². The predicted molar refractivity (Wildman–Crippen MR) is 89.3 cm³/mol. The van der Waals surface area contributed by atoms with Crippen molar-refractivity contribution in [3.8, 4) is 0 Å². The molecule has 2 rings (SSSR count). The van der Waals surface area contributed by atoms with Crippen molar-refractivity contribution in [2.45, 2.75) is 11.7 Å². The minimum absolute atomic E-state index is 0.216. The van der Waals surface area contributed by atoms with E-state index in [1.807, 2.05) is 0 Å². The largest absolute Gasteiger partial charge is 0.453 e. The number of rotatable bonds is 6. The second-order valence-corrected chi connectivity index (χ2v) is 9.09. The van der Waals surface area contributed by atoms with E-state index in [1.165, 1.54) is 6.20 Å². The minimum Gasteiger partial charge on any atom is -0.453 e. The first-order valence-corrected chi connectivity index (χ1v) is 11.1. The SMILES string of the molecule is O=C(Nc1ccn(C2CSC(COC(=O)P(=O)(O)O)O2)c(=O)n1)P(=O)(O)O. The average molecular weight is 445 g/mol. The lowest BCUT2D eigenvalue weighted by Gasteiger charge is -2.15. The van der Waals surface area contributed by atoms with Crippen molar-refractivity contribution in [3.63, 3.8) is 0 Å². The number of nitrogens with zero attached hydrogens (tertiary/aromatic N) is 2. The molecule has 14 nitrogen and oxygen atoms in total. The van der Waals surface area contributed by atoms with E-state index in [9.17, 15) is 23.5 Å². The van der Waals surface area contributed by atoms with Crippen molar-refractivity contribution >= 4 is 44.1 Å². The Hall–Kier alpha value is -1.57. The monoisotopic (exact) mass is 445 g/mol. The van der Waals surface area contributed by atoms with Gasteiger partial charge in [0.1, 0.15) is 24.1 Å². The number of amides is 1. The van der Waals surface area contributed by atoms with Gasteiger partial charge in [0.05, 0.1) is 0 Å².